The third-order valence-electron chi connectivity index (χ3n) is 6.65. The number of urea groups is 1. The minimum absolute atomic E-state index is 0.0499. The fourth-order valence-electron chi connectivity index (χ4n) is 5.19. The molecule has 2 heterocycles. The number of amides is 3. The van der Waals surface area contributed by atoms with Gasteiger partial charge in [0.25, 0.3) is 0 Å². The molecule has 0 radical (unpaired) electrons. The molecule has 4 rings (SSSR count). The van der Waals surface area contributed by atoms with Gasteiger partial charge in [0.05, 0.1) is 18.7 Å². The number of aliphatic hydroxyl groups is 1. The minimum Gasteiger partial charge on any atom is -0.394 e. The molecule has 6 nitrogen and oxygen atoms in total. The Bertz CT molecular complexity index is 770. The molecule has 1 aliphatic carbocycles. The summed E-state index contributed by atoms with van der Waals surface area (Å²) in [4.78, 5) is 29.0. The minimum atomic E-state index is -0.205. The van der Waals surface area contributed by atoms with E-state index in [1.807, 2.05) is 19.1 Å². The highest BCUT2D eigenvalue weighted by atomic mass is 16.3. The van der Waals surface area contributed by atoms with Gasteiger partial charge in [-0.1, -0.05) is 55.7 Å². The zero-order valence-electron chi connectivity index (χ0n) is 17.1. The monoisotopic (exact) mass is 397 g/mol. The molecule has 1 aromatic carbocycles. The van der Waals surface area contributed by atoms with Crippen LogP contribution in [-0.4, -0.2) is 64.7 Å². The van der Waals surface area contributed by atoms with E-state index in [1.165, 1.54) is 6.42 Å². The summed E-state index contributed by atoms with van der Waals surface area (Å²) in [5.74, 6) is -0.0187. The fourth-order valence-corrected chi connectivity index (χ4v) is 5.19. The second kappa shape index (κ2) is 8.57. The van der Waals surface area contributed by atoms with Crippen LogP contribution in [0.5, 0.6) is 0 Å². The Balaban J connectivity index is 1.47. The number of aliphatic hydroxyl groups excluding tert-OH is 1. The van der Waals surface area contributed by atoms with Crippen LogP contribution in [0.4, 0.5) is 4.79 Å². The predicted octanol–water partition coefficient (Wildman–Crippen LogP) is 2.73. The van der Waals surface area contributed by atoms with E-state index in [0.717, 1.165) is 36.8 Å². The molecule has 3 atom stereocenters. The summed E-state index contributed by atoms with van der Waals surface area (Å²) in [6.07, 6.45) is 9.64. The van der Waals surface area contributed by atoms with Crippen molar-refractivity contribution in [2.75, 3.05) is 19.7 Å². The van der Waals surface area contributed by atoms with Gasteiger partial charge >= 0.3 is 6.03 Å². The molecule has 0 bridgehead atoms. The van der Waals surface area contributed by atoms with Crippen molar-refractivity contribution in [1.29, 1.82) is 0 Å². The Kier molecular flexibility index (Phi) is 5.90. The topological polar surface area (TPSA) is 72.9 Å². The summed E-state index contributed by atoms with van der Waals surface area (Å²) in [6.45, 7) is 2.54. The molecule has 3 amide bonds. The van der Waals surface area contributed by atoms with Gasteiger partial charge in [0.15, 0.2) is 0 Å². The molecule has 1 saturated carbocycles. The summed E-state index contributed by atoms with van der Waals surface area (Å²) in [5, 5.41) is 13.0. The molecule has 3 aliphatic rings. The van der Waals surface area contributed by atoms with E-state index in [-0.39, 0.29) is 49.1 Å². The first-order valence-electron chi connectivity index (χ1n) is 10.8. The number of hydrogen-bond donors (Lipinski definition) is 2. The highest BCUT2D eigenvalue weighted by Crippen LogP contribution is 2.43. The van der Waals surface area contributed by atoms with Crippen molar-refractivity contribution in [1.82, 2.24) is 15.1 Å². The van der Waals surface area contributed by atoms with Gasteiger partial charge in [-0.2, -0.15) is 0 Å². The van der Waals surface area contributed by atoms with Crippen LogP contribution >= 0.6 is 0 Å². The fraction of sp³-hybridized carbons (Fsp3) is 0.565. The van der Waals surface area contributed by atoms with Crippen LogP contribution in [0.25, 0.3) is 6.08 Å². The van der Waals surface area contributed by atoms with Crippen LogP contribution in [0.2, 0.25) is 0 Å². The molecular formula is C23H31N3O3. The largest absolute Gasteiger partial charge is 0.394 e. The number of hydrogen-bond acceptors (Lipinski definition) is 3. The molecule has 0 spiro atoms. The number of carbonyl (C=O) groups excluding carboxylic acids is 2. The summed E-state index contributed by atoms with van der Waals surface area (Å²) in [5.41, 5.74) is 2.24. The summed E-state index contributed by atoms with van der Waals surface area (Å²) < 4.78 is 0. The van der Waals surface area contributed by atoms with Crippen LogP contribution in [0.3, 0.4) is 0 Å². The van der Waals surface area contributed by atoms with Crippen LogP contribution in [0, 0.1) is 0 Å². The number of carbonyl (C=O) groups is 2. The number of nitrogens with zero attached hydrogens (tertiary/aromatic N) is 2. The molecule has 3 fully saturated rings. The number of benzene rings is 1. The Hall–Kier alpha value is -2.34. The molecule has 6 heteroatoms. The van der Waals surface area contributed by atoms with Gasteiger partial charge in [0.1, 0.15) is 6.54 Å². The van der Waals surface area contributed by atoms with Crippen molar-refractivity contribution < 1.29 is 14.7 Å². The first-order valence-corrected chi connectivity index (χ1v) is 10.8. The lowest BCUT2D eigenvalue weighted by Gasteiger charge is -2.58. The summed E-state index contributed by atoms with van der Waals surface area (Å²) >= 11 is 0. The highest BCUT2D eigenvalue weighted by molar-refractivity contribution is 5.87. The van der Waals surface area contributed by atoms with E-state index in [9.17, 15) is 14.7 Å². The molecule has 2 aliphatic heterocycles. The second-order valence-corrected chi connectivity index (χ2v) is 8.48. The number of rotatable bonds is 4. The van der Waals surface area contributed by atoms with Crippen molar-refractivity contribution in [3.8, 4) is 0 Å². The third kappa shape index (κ3) is 3.90. The van der Waals surface area contributed by atoms with Crippen LogP contribution in [0.15, 0.2) is 30.3 Å². The molecule has 2 saturated heterocycles. The average molecular weight is 398 g/mol. The molecule has 0 aromatic heterocycles. The van der Waals surface area contributed by atoms with Gasteiger partial charge in [-0.25, -0.2) is 4.79 Å². The lowest BCUT2D eigenvalue weighted by atomic mass is 9.73. The van der Waals surface area contributed by atoms with Crippen molar-refractivity contribution in [3.05, 3.63) is 41.5 Å². The molecular weight excluding hydrogens is 366 g/mol. The Labute approximate surface area is 172 Å². The van der Waals surface area contributed by atoms with Gasteiger partial charge in [-0.15, -0.1) is 0 Å². The van der Waals surface area contributed by atoms with Crippen molar-refractivity contribution >= 4 is 18.0 Å². The summed E-state index contributed by atoms with van der Waals surface area (Å²) in [6, 6.07) is 8.10. The maximum Gasteiger partial charge on any atom is 0.318 e. The van der Waals surface area contributed by atoms with Gasteiger partial charge in [0.2, 0.25) is 5.91 Å². The normalized spacial score (nSPS) is 27.7. The van der Waals surface area contributed by atoms with Crippen molar-refractivity contribution in [2.45, 2.75) is 63.1 Å². The number of nitrogens with one attached hydrogen (secondary N) is 1. The van der Waals surface area contributed by atoms with Crippen molar-refractivity contribution in [3.63, 3.8) is 0 Å². The predicted molar refractivity (Wildman–Crippen MR) is 112 cm³/mol. The quantitative estimate of drug-likeness (QED) is 0.821. The number of allylic oxidation sites excluding steroid dienone is 1. The number of piperazine rings is 1. The summed E-state index contributed by atoms with van der Waals surface area (Å²) in [7, 11) is 0. The SMILES string of the molecule is CC=Cc1ccc([C@H]2[C@@H](CO)N3C(=O)CN(C(=O)NC4CCCCC4)C[C@@H]23)cc1. The third-order valence-corrected chi connectivity index (χ3v) is 6.65. The van der Waals surface area contributed by atoms with E-state index in [2.05, 4.69) is 29.6 Å². The lowest BCUT2D eigenvalue weighted by molar-refractivity contribution is -0.159. The van der Waals surface area contributed by atoms with Gasteiger partial charge in [-0.05, 0) is 30.9 Å². The van der Waals surface area contributed by atoms with Gasteiger partial charge in [-0.3, -0.25) is 4.79 Å². The van der Waals surface area contributed by atoms with Crippen LogP contribution in [0.1, 0.15) is 56.1 Å². The second-order valence-electron chi connectivity index (χ2n) is 8.48. The molecule has 29 heavy (non-hydrogen) atoms. The Morgan fingerprint density at radius 2 is 1.93 bits per heavy atom. The van der Waals surface area contributed by atoms with Crippen LogP contribution < -0.4 is 5.32 Å². The van der Waals surface area contributed by atoms with E-state index in [1.54, 1.807) is 9.80 Å². The highest BCUT2D eigenvalue weighted by Gasteiger charge is 2.54. The zero-order chi connectivity index (χ0) is 20.4. The Morgan fingerprint density at radius 1 is 1.21 bits per heavy atom. The van der Waals surface area contributed by atoms with Gasteiger partial charge in [0, 0.05) is 18.5 Å². The first-order chi connectivity index (χ1) is 14.1. The first kappa shape index (κ1) is 20.0. The Morgan fingerprint density at radius 3 is 2.59 bits per heavy atom. The van der Waals surface area contributed by atoms with Gasteiger partial charge < -0.3 is 20.2 Å². The maximum absolute atomic E-state index is 12.8. The lowest BCUT2D eigenvalue weighted by Crippen LogP contribution is -2.74. The maximum atomic E-state index is 12.8. The van der Waals surface area contributed by atoms with E-state index >= 15 is 0 Å². The molecule has 0 unspecified atom stereocenters. The smallest absolute Gasteiger partial charge is 0.318 e. The molecule has 2 N–H and O–H groups in total. The zero-order valence-corrected chi connectivity index (χ0v) is 17.1. The number of fused-ring (bicyclic) bond motifs is 1. The van der Waals surface area contributed by atoms with Crippen molar-refractivity contribution in [2.24, 2.45) is 0 Å². The standard InChI is InChI=1S/C23H31N3O3/c1-2-6-16-9-11-17(12-10-16)22-19-13-25(14-21(28)26(19)20(22)15-27)23(29)24-18-7-4-3-5-8-18/h2,6,9-12,18-20,22,27H,3-5,7-8,13-15H2,1H3,(H,24,29)/t19-,20+,22+/m0/s1. The molecule has 1 aromatic rings. The molecule has 156 valence electrons. The van der Waals surface area contributed by atoms with E-state index in [0.29, 0.717) is 6.54 Å². The van der Waals surface area contributed by atoms with E-state index < -0.39 is 0 Å². The van der Waals surface area contributed by atoms with E-state index in [4.69, 9.17) is 0 Å². The van der Waals surface area contributed by atoms with Crippen LogP contribution in [-0.2, 0) is 4.79 Å². The average Bonchev–Trinajstić information content (AvgIpc) is 2.71.